The standard InChI is InChI=1S/C33H35N5O5/c1-33(2,3)43-32(41)38-16-14-37(15-17-38)31(40)27-18-22-10-7-11-24(28(22)42-27)23-12-13-34-29-25(23)19-26(36-29)30(39)35-20-21-8-5-4-6-9-21/h4-13,19,27H,14-18,20H2,1-3H3,(H,34,36)(H,35,39). The van der Waals surface area contributed by atoms with Crippen LogP contribution in [0.4, 0.5) is 4.79 Å². The smallest absolute Gasteiger partial charge is 0.410 e. The zero-order valence-corrected chi connectivity index (χ0v) is 24.6. The van der Waals surface area contributed by atoms with Gasteiger partial charge in [0.2, 0.25) is 0 Å². The van der Waals surface area contributed by atoms with Gasteiger partial charge in [0, 0.05) is 56.3 Å². The summed E-state index contributed by atoms with van der Waals surface area (Å²) in [5.41, 5.74) is 4.10. The van der Waals surface area contributed by atoms with E-state index in [1.54, 1.807) is 22.1 Å². The zero-order valence-electron chi connectivity index (χ0n) is 24.6. The van der Waals surface area contributed by atoms with Gasteiger partial charge in [-0.2, -0.15) is 0 Å². The molecule has 0 radical (unpaired) electrons. The summed E-state index contributed by atoms with van der Waals surface area (Å²) in [5, 5.41) is 3.74. The third kappa shape index (κ3) is 6.04. The number of rotatable bonds is 5. The number of hydrogen-bond donors (Lipinski definition) is 2. The zero-order chi connectivity index (χ0) is 30.1. The first-order valence-corrected chi connectivity index (χ1v) is 14.5. The molecule has 0 aliphatic carbocycles. The summed E-state index contributed by atoms with van der Waals surface area (Å²) in [7, 11) is 0. The van der Waals surface area contributed by atoms with E-state index in [0.29, 0.717) is 56.2 Å². The fourth-order valence-corrected chi connectivity index (χ4v) is 5.52. The molecule has 2 N–H and O–H groups in total. The third-order valence-corrected chi connectivity index (χ3v) is 7.64. The second-order valence-electron chi connectivity index (χ2n) is 11.9. The predicted molar refractivity (Wildman–Crippen MR) is 162 cm³/mol. The Balaban J connectivity index is 1.16. The van der Waals surface area contributed by atoms with Gasteiger partial charge in [0.25, 0.3) is 11.8 Å². The van der Waals surface area contributed by atoms with Crippen molar-refractivity contribution >= 4 is 28.9 Å². The number of nitrogens with zero attached hydrogens (tertiary/aromatic N) is 3. The number of benzene rings is 2. The van der Waals surface area contributed by atoms with E-state index in [1.807, 2.05) is 75.4 Å². The first kappa shape index (κ1) is 28.3. The van der Waals surface area contributed by atoms with E-state index in [1.165, 1.54) is 0 Å². The number of pyridine rings is 1. The monoisotopic (exact) mass is 581 g/mol. The number of ether oxygens (including phenoxy) is 2. The van der Waals surface area contributed by atoms with Crippen molar-refractivity contribution in [1.29, 1.82) is 0 Å². The molecule has 10 nitrogen and oxygen atoms in total. The summed E-state index contributed by atoms with van der Waals surface area (Å²) in [6, 6.07) is 19.3. The Hall–Kier alpha value is -4.86. The molecule has 6 rings (SSSR count). The number of piperazine rings is 1. The minimum Gasteiger partial charge on any atom is -0.479 e. The Morgan fingerprint density at radius 1 is 0.977 bits per heavy atom. The highest BCUT2D eigenvalue weighted by Crippen LogP contribution is 2.41. The minimum absolute atomic E-state index is 0.0927. The Bertz CT molecular complexity index is 1670. The lowest BCUT2D eigenvalue weighted by Gasteiger charge is -2.36. The molecular weight excluding hydrogens is 546 g/mol. The van der Waals surface area contributed by atoms with E-state index in [4.69, 9.17) is 9.47 Å². The van der Waals surface area contributed by atoms with Crippen LogP contribution >= 0.6 is 0 Å². The molecule has 2 aromatic heterocycles. The summed E-state index contributed by atoms with van der Waals surface area (Å²) in [6.45, 7) is 7.60. The SMILES string of the molecule is CC(C)(C)OC(=O)N1CCN(C(=O)C2Cc3cccc(-c4ccnc5[nH]c(C(=O)NCc6ccccc6)cc45)c3O2)CC1. The Morgan fingerprint density at radius 2 is 1.72 bits per heavy atom. The maximum atomic E-state index is 13.5. The number of aromatic nitrogens is 2. The van der Waals surface area contributed by atoms with E-state index in [9.17, 15) is 14.4 Å². The van der Waals surface area contributed by atoms with Gasteiger partial charge in [-0.1, -0.05) is 48.5 Å². The molecule has 10 heteroatoms. The number of fused-ring (bicyclic) bond motifs is 2. The highest BCUT2D eigenvalue weighted by Gasteiger charge is 2.36. The minimum atomic E-state index is -0.646. The van der Waals surface area contributed by atoms with Gasteiger partial charge >= 0.3 is 6.09 Å². The number of amides is 3. The molecule has 43 heavy (non-hydrogen) atoms. The van der Waals surface area contributed by atoms with Crippen LogP contribution in [-0.2, 0) is 22.5 Å². The van der Waals surface area contributed by atoms with Crippen LogP contribution in [0.15, 0.2) is 66.9 Å². The van der Waals surface area contributed by atoms with Crippen LogP contribution in [0.3, 0.4) is 0 Å². The van der Waals surface area contributed by atoms with Crippen molar-refractivity contribution < 1.29 is 23.9 Å². The number of hydrogen-bond acceptors (Lipinski definition) is 6. The molecule has 4 aromatic rings. The molecule has 1 atom stereocenters. The number of nitrogens with one attached hydrogen (secondary N) is 2. The Kier molecular flexibility index (Phi) is 7.52. The number of carbonyl (C=O) groups is 3. The number of H-pyrrole nitrogens is 1. The van der Waals surface area contributed by atoms with Crippen molar-refractivity contribution in [3.05, 3.63) is 83.7 Å². The van der Waals surface area contributed by atoms with Crippen molar-refractivity contribution in [3.8, 4) is 16.9 Å². The second-order valence-corrected chi connectivity index (χ2v) is 11.9. The third-order valence-electron chi connectivity index (χ3n) is 7.64. The molecule has 3 amide bonds. The van der Waals surface area contributed by atoms with Crippen LogP contribution in [0.2, 0.25) is 0 Å². The van der Waals surface area contributed by atoms with Gasteiger partial charge in [0.1, 0.15) is 22.7 Å². The van der Waals surface area contributed by atoms with Crippen molar-refractivity contribution in [3.63, 3.8) is 0 Å². The van der Waals surface area contributed by atoms with Gasteiger partial charge in [0.15, 0.2) is 6.10 Å². The predicted octanol–water partition coefficient (Wildman–Crippen LogP) is 4.54. The second kappa shape index (κ2) is 11.4. The molecule has 222 valence electrons. The molecule has 2 aliphatic heterocycles. The van der Waals surface area contributed by atoms with Gasteiger partial charge < -0.3 is 29.6 Å². The van der Waals surface area contributed by atoms with Gasteiger partial charge in [-0.05, 0) is 49.6 Å². The summed E-state index contributed by atoms with van der Waals surface area (Å²) in [6.07, 6.45) is 1.15. The lowest BCUT2D eigenvalue weighted by atomic mass is 9.99. The first-order valence-electron chi connectivity index (χ1n) is 14.5. The van der Waals surface area contributed by atoms with Gasteiger partial charge in [-0.25, -0.2) is 9.78 Å². The molecular formula is C33H35N5O5. The maximum Gasteiger partial charge on any atom is 0.410 e. The molecule has 1 saturated heterocycles. The average molecular weight is 582 g/mol. The molecule has 0 spiro atoms. The molecule has 4 heterocycles. The number of aromatic amines is 1. The number of carbonyl (C=O) groups excluding carboxylic acids is 3. The fraction of sp³-hybridized carbons (Fsp3) is 0.333. The van der Waals surface area contributed by atoms with E-state index in [2.05, 4.69) is 15.3 Å². The number of para-hydroxylation sites is 1. The van der Waals surface area contributed by atoms with E-state index < -0.39 is 11.7 Å². The Labute approximate surface area is 250 Å². The molecule has 1 fully saturated rings. The van der Waals surface area contributed by atoms with E-state index in [-0.39, 0.29) is 17.9 Å². The van der Waals surface area contributed by atoms with Gasteiger partial charge in [0.05, 0.1) is 0 Å². The summed E-state index contributed by atoms with van der Waals surface area (Å²) >= 11 is 0. The topological polar surface area (TPSA) is 117 Å². The summed E-state index contributed by atoms with van der Waals surface area (Å²) in [5.74, 6) is 0.349. The highest BCUT2D eigenvalue weighted by atomic mass is 16.6. The van der Waals surface area contributed by atoms with Gasteiger partial charge in [-0.15, -0.1) is 0 Å². The molecule has 1 unspecified atom stereocenters. The average Bonchev–Trinajstić information content (AvgIpc) is 3.64. The maximum absolute atomic E-state index is 13.5. The summed E-state index contributed by atoms with van der Waals surface area (Å²) < 4.78 is 11.8. The quantitative estimate of drug-likeness (QED) is 0.357. The first-order chi connectivity index (χ1) is 20.7. The van der Waals surface area contributed by atoms with Crippen molar-refractivity contribution in [2.45, 2.75) is 45.4 Å². The molecule has 2 aliphatic rings. The molecule has 2 aromatic carbocycles. The van der Waals surface area contributed by atoms with Crippen molar-refractivity contribution in [2.24, 2.45) is 0 Å². The Morgan fingerprint density at radius 3 is 2.47 bits per heavy atom. The van der Waals surface area contributed by atoms with Crippen LogP contribution in [-0.4, -0.2) is 75.6 Å². The molecule has 0 bridgehead atoms. The van der Waals surface area contributed by atoms with E-state index in [0.717, 1.165) is 27.6 Å². The van der Waals surface area contributed by atoms with Crippen LogP contribution in [0.5, 0.6) is 5.75 Å². The van der Waals surface area contributed by atoms with Crippen LogP contribution < -0.4 is 10.1 Å². The fourth-order valence-electron chi connectivity index (χ4n) is 5.52. The summed E-state index contributed by atoms with van der Waals surface area (Å²) in [4.78, 5) is 49.9. The lowest BCUT2D eigenvalue weighted by Crippen LogP contribution is -2.54. The van der Waals surface area contributed by atoms with Gasteiger partial charge in [-0.3, -0.25) is 9.59 Å². The largest absolute Gasteiger partial charge is 0.479 e. The van der Waals surface area contributed by atoms with E-state index >= 15 is 0 Å². The molecule has 0 saturated carbocycles. The van der Waals surface area contributed by atoms with Crippen LogP contribution in [0.1, 0.15) is 42.4 Å². The normalized spacial score (nSPS) is 16.5. The van der Waals surface area contributed by atoms with Crippen LogP contribution in [0, 0.1) is 0 Å². The lowest BCUT2D eigenvalue weighted by molar-refractivity contribution is -0.139. The van der Waals surface area contributed by atoms with Crippen molar-refractivity contribution in [2.75, 3.05) is 26.2 Å². The highest BCUT2D eigenvalue weighted by molar-refractivity contribution is 6.02. The van der Waals surface area contributed by atoms with Crippen LogP contribution in [0.25, 0.3) is 22.2 Å². The van der Waals surface area contributed by atoms with Crippen molar-refractivity contribution in [1.82, 2.24) is 25.1 Å².